The molecule has 6 heterocycles. The van der Waals surface area contributed by atoms with E-state index in [4.69, 9.17) is 12.2 Å². The fraction of sp³-hybridized carbons (Fsp3) is 0.333. The van der Waals surface area contributed by atoms with Crippen LogP contribution in [0.25, 0.3) is 11.0 Å². The second-order valence-corrected chi connectivity index (χ2v) is 18.2. The number of hydrogen-bond acceptors (Lipinski definition) is 18. The number of hydrogen-bond donors (Lipinski definition) is 4. The number of amides is 5. The number of aromatic carboxylic acids is 1. The first-order valence-electron chi connectivity index (χ1n) is 20.6. The van der Waals surface area contributed by atoms with Crippen LogP contribution in [0.1, 0.15) is 28.4 Å². The third-order valence-corrected chi connectivity index (χ3v) is 14.4. The number of thioether (sulfide) groups is 2. The van der Waals surface area contributed by atoms with Gasteiger partial charge >= 0.3 is 71.2 Å². The van der Waals surface area contributed by atoms with Gasteiger partial charge in [-0.05, 0) is 47.9 Å². The summed E-state index contributed by atoms with van der Waals surface area (Å²) in [5, 5.41) is 53.9. The summed E-state index contributed by atoms with van der Waals surface area (Å²) in [7, 11) is 0. The van der Waals surface area contributed by atoms with Crippen LogP contribution < -0.4 is 90.3 Å². The number of aliphatic carboxylic acids is 1. The van der Waals surface area contributed by atoms with Crippen molar-refractivity contribution in [1.82, 2.24) is 39.6 Å². The number of thiocarbonyl (C=S) groups is 1. The van der Waals surface area contributed by atoms with Crippen LogP contribution in [0.15, 0.2) is 76.0 Å². The Bertz CT molecular complexity index is 2790. The fourth-order valence-electron chi connectivity index (χ4n) is 7.88. The SMILES string of the molecule is CCn1cc(C(=O)[O-])c(=O)c2cnc(N3CCN(C(=S)SCC4=C(C(=O)[O-])N5C[C@@H](NC(=O)Cc6ccccc6NC(=O)N6CCN(N=Cc7ccc(O)c(O)c7)C6=O)[C@H]5SC4)CC3)nc21.[Na+].[Na+]. The van der Waals surface area contributed by atoms with E-state index in [1.165, 1.54) is 60.3 Å². The molecule has 4 aliphatic rings. The monoisotopic (exact) mass is 1000 g/mol. The van der Waals surface area contributed by atoms with E-state index in [-0.39, 0.29) is 125 Å². The minimum Gasteiger partial charge on any atom is -0.545 e. The van der Waals surface area contributed by atoms with E-state index < -0.39 is 35.0 Å². The second-order valence-electron chi connectivity index (χ2n) is 15.5. The van der Waals surface area contributed by atoms with E-state index in [1.54, 1.807) is 33.7 Å². The van der Waals surface area contributed by atoms with Crippen molar-refractivity contribution in [3.8, 4) is 11.5 Å². The molecule has 0 spiro atoms. The fourth-order valence-corrected chi connectivity index (χ4v) is 10.6. The van der Waals surface area contributed by atoms with Crippen molar-refractivity contribution < 1.29 is 104 Å². The van der Waals surface area contributed by atoms with Crippen molar-refractivity contribution in [3.63, 3.8) is 0 Å². The molecule has 0 radical (unpaired) electrons. The molecule has 2 aromatic carbocycles. The van der Waals surface area contributed by atoms with Gasteiger partial charge in [0.2, 0.25) is 17.3 Å². The summed E-state index contributed by atoms with van der Waals surface area (Å²) in [6, 6.07) is 9.02. The summed E-state index contributed by atoms with van der Waals surface area (Å²) in [5.41, 5.74) is 1.17. The number of carbonyl (C=O) groups excluding carboxylic acids is 5. The largest absolute Gasteiger partial charge is 1.00 e. The van der Waals surface area contributed by atoms with Crippen molar-refractivity contribution >= 4 is 98.9 Å². The zero-order valence-electron chi connectivity index (χ0n) is 37.1. The Kier molecular flexibility index (Phi) is 17.5. The van der Waals surface area contributed by atoms with Gasteiger partial charge in [-0.2, -0.15) is 10.1 Å². The van der Waals surface area contributed by atoms with E-state index in [0.717, 1.165) is 9.91 Å². The number of rotatable bonds is 12. The second kappa shape index (κ2) is 22.7. The maximum absolute atomic E-state index is 13.4. The summed E-state index contributed by atoms with van der Waals surface area (Å²) in [6.07, 6.45) is 3.78. The number of aryl methyl sites for hydroxylation is 1. The minimum absolute atomic E-state index is 0. The van der Waals surface area contributed by atoms with Crippen molar-refractivity contribution in [2.45, 2.75) is 31.3 Å². The number of aromatic nitrogens is 3. The number of aromatic hydroxyl groups is 2. The Morgan fingerprint density at radius 2 is 1.75 bits per heavy atom. The number of carbonyl (C=O) groups is 5. The molecule has 0 bridgehead atoms. The molecule has 344 valence electrons. The van der Waals surface area contributed by atoms with Gasteiger partial charge < -0.3 is 59.9 Å². The molecule has 2 atom stereocenters. The van der Waals surface area contributed by atoms with Gasteiger partial charge in [-0.1, -0.05) is 42.2 Å². The maximum atomic E-state index is 13.4. The number of para-hydroxylation sites is 1. The molecule has 4 aliphatic heterocycles. The average molecular weight is 1000 g/mol. The standard InChI is InChI=1S/C42H43N11O10S3.2Na/c1-2-48-19-27(37(58)59)34(57)26-18-43-39(47-35(26)48)49-9-11-50(12-10-49)42(64)66-22-25-21-65-36-29(20-52(36)33(25)38(60)61)45-32(56)16-24-5-3-4-6-28(24)46-40(62)51-13-14-53(41(51)63)44-17-23-7-8-30(54)31(55)15-23;;/h3-8,15,17-19,29,36,54-55H,2,9-14,16,20-22H2,1H3,(H,45,56)(H,46,62)(H,58,59)(H,60,61);;/q;2*+1/p-2/t29-,36-;;/m1../s1. The van der Waals surface area contributed by atoms with Gasteiger partial charge in [-0.3, -0.25) is 9.59 Å². The van der Waals surface area contributed by atoms with Crippen LogP contribution in [0.3, 0.4) is 0 Å². The van der Waals surface area contributed by atoms with Crippen molar-refractivity contribution in [2.24, 2.45) is 5.10 Å². The van der Waals surface area contributed by atoms with Crippen LogP contribution in [0.5, 0.6) is 11.5 Å². The molecule has 0 unspecified atom stereocenters. The predicted octanol–water partition coefficient (Wildman–Crippen LogP) is -5.84. The zero-order valence-corrected chi connectivity index (χ0v) is 43.6. The number of nitrogens with zero attached hydrogens (tertiary/aromatic N) is 9. The number of hydrazone groups is 1. The van der Waals surface area contributed by atoms with Crippen LogP contribution in [-0.2, 0) is 22.6 Å². The van der Waals surface area contributed by atoms with Gasteiger partial charge in [-0.25, -0.2) is 24.5 Å². The Balaban J connectivity index is 0.00000381. The summed E-state index contributed by atoms with van der Waals surface area (Å²) in [5.74, 6) is -2.75. The topological polar surface area (TPSA) is 272 Å². The van der Waals surface area contributed by atoms with Crippen LogP contribution in [0.2, 0.25) is 0 Å². The Hall–Kier alpha value is -4.92. The number of anilines is 2. The number of piperazine rings is 1. The number of phenolic OH excluding ortho intramolecular Hbond substituents is 2. The molecule has 5 amide bonds. The smallest absolute Gasteiger partial charge is 0.545 e. The molecular weight excluding hydrogens is 961 g/mol. The first kappa shape index (κ1) is 52.5. The summed E-state index contributed by atoms with van der Waals surface area (Å²) in [6.45, 7) is 4.70. The van der Waals surface area contributed by atoms with Gasteiger partial charge in [0, 0.05) is 68.9 Å². The molecule has 0 aliphatic carbocycles. The number of imide groups is 1. The normalized spacial score (nSPS) is 17.9. The summed E-state index contributed by atoms with van der Waals surface area (Å²) in [4.78, 5) is 91.9. The quantitative estimate of drug-likeness (QED) is 0.0446. The van der Waals surface area contributed by atoms with E-state index in [2.05, 4.69) is 25.7 Å². The van der Waals surface area contributed by atoms with E-state index in [0.29, 0.717) is 82.5 Å². The van der Waals surface area contributed by atoms with Crippen LogP contribution >= 0.6 is 35.7 Å². The van der Waals surface area contributed by atoms with Gasteiger partial charge in [0.15, 0.2) is 11.5 Å². The maximum Gasteiger partial charge on any atom is 1.00 e. The van der Waals surface area contributed by atoms with E-state index in [1.807, 2.05) is 16.7 Å². The summed E-state index contributed by atoms with van der Waals surface area (Å²) < 4.78 is 2.17. The number of phenols is 2. The first-order valence-corrected chi connectivity index (χ1v) is 23.1. The Labute approximate surface area is 446 Å². The number of urea groups is 2. The van der Waals surface area contributed by atoms with E-state index in [9.17, 15) is 49.2 Å². The van der Waals surface area contributed by atoms with Crippen molar-refractivity contribution in [1.29, 1.82) is 0 Å². The number of benzene rings is 2. The molecule has 68 heavy (non-hydrogen) atoms. The molecule has 26 heteroatoms. The molecule has 0 saturated carbocycles. The number of carboxylic acid groups (broad SMARTS) is 2. The molecule has 3 fully saturated rings. The van der Waals surface area contributed by atoms with Crippen molar-refractivity contribution in [3.05, 3.63) is 93.0 Å². The Morgan fingerprint density at radius 1 is 1.00 bits per heavy atom. The van der Waals surface area contributed by atoms with Crippen LogP contribution in [0.4, 0.5) is 21.2 Å². The summed E-state index contributed by atoms with van der Waals surface area (Å²) >= 11 is 8.63. The number of carboxylic acids is 2. The molecule has 4 N–H and O–H groups in total. The predicted molar refractivity (Wildman–Crippen MR) is 245 cm³/mol. The molecule has 3 saturated heterocycles. The van der Waals surface area contributed by atoms with Gasteiger partial charge in [0.05, 0.1) is 65.7 Å². The van der Waals surface area contributed by atoms with Crippen LogP contribution in [0, 0.1) is 0 Å². The minimum atomic E-state index is -1.57. The van der Waals surface area contributed by atoms with Gasteiger partial charge in [0.1, 0.15) is 9.97 Å². The molecular formula is C42H41N11Na2O10S3. The molecule has 8 rings (SSSR count). The van der Waals surface area contributed by atoms with Crippen LogP contribution in [-0.4, -0.2) is 154 Å². The van der Waals surface area contributed by atoms with Crippen molar-refractivity contribution in [2.75, 3.05) is 67.5 Å². The number of nitrogens with one attached hydrogen (secondary N) is 2. The zero-order chi connectivity index (χ0) is 46.8. The van der Waals surface area contributed by atoms with E-state index >= 15 is 0 Å². The number of fused-ring (bicyclic) bond motifs is 2. The molecule has 4 aromatic rings. The third-order valence-electron chi connectivity index (χ3n) is 11.4. The molecule has 2 aromatic heterocycles. The Morgan fingerprint density at radius 3 is 2.46 bits per heavy atom. The first-order chi connectivity index (χ1) is 31.7. The number of pyridine rings is 1. The molecule has 21 nitrogen and oxygen atoms in total. The average Bonchev–Trinajstić information content (AvgIpc) is 3.67. The third kappa shape index (κ3) is 11.2. The van der Waals surface area contributed by atoms with Gasteiger partial charge in [-0.15, -0.1) is 11.8 Å². The van der Waals surface area contributed by atoms with Gasteiger partial charge in [0.25, 0.3) is 0 Å².